The van der Waals surface area contributed by atoms with E-state index in [2.05, 4.69) is 15.6 Å². The quantitative estimate of drug-likeness (QED) is 0.515. The fourth-order valence-electron chi connectivity index (χ4n) is 3.04. The van der Waals surface area contributed by atoms with Crippen LogP contribution in [0.3, 0.4) is 0 Å². The van der Waals surface area contributed by atoms with E-state index >= 15 is 0 Å². The first kappa shape index (κ1) is 22.3. The zero-order chi connectivity index (χ0) is 23.4. The van der Waals surface area contributed by atoms with E-state index in [1.165, 1.54) is 12.1 Å². The van der Waals surface area contributed by atoms with E-state index in [-0.39, 0.29) is 30.2 Å². The van der Waals surface area contributed by atoms with Gasteiger partial charge in [-0.15, -0.1) is 0 Å². The van der Waals surface area contributed by atoms with Crippen molar-refractivity contribution < 1.29 is 27.5 Å². The van der Waals surface area contributed by atoms with Gasteiger partial charge in [0.15, 0.2) is 0 Å². The molecule has 1 aliphatic rings. The molecule has 1 aliphatic carbocycles. The summed E-state index contributed by atoms with van der Waals surface area (Å²) in [5, 5.41) is 5.68. The van der Waals surface area contributed by atoms with Crippen molar-refractivity contribution in [3.63, 3.8) is 0 Å². The van der Waals surface area contributed by atoms with Gasteiger partial charge in [-0.2, -0.15) is 13.2 Å². The number of nitrogens with one attached hydrogen (secondary N) is 2. The SMILES string of the molecule is O=C(NCc1cccc(NC(=O)C2CC2)c1)c1ccc(Oc2ccc(C(F)(F)F)cn2)cc1. The van der Waals surface area contributed by atoms with Crippen LogP contribution < -0.4 is 15.4 Å². The van der Waals surface area contributed by atoms with Crippen LogP contribution in [0.2, 0.25) is 0 Å². The Labute approximate surface area is 187 Å². The fraction of sp³-hybridized carbons (Fsp3) is 0.208. The molecule has 9 heteroatoms. The molecule has 0 atom stereocenters. The van der Waals surface area contributed by atoms with Gasteiger partial charge in [0.2, 0.25) is 11.8 Å². The second-order valence-corrected chi connectivity index (χ2v) is 7.66. The third-order valence-corrected chi connectivity index (χ3v) is 5.00. The van der Waals surface area contributed by atoms with Gasteiger partial charge < -0.3 is 15.4 Å². The summed E-state index contributed by atoms with van der Waals surface area (Å²) in [7, 11) is 0. The molecule has 1 fully saturated rings. The van der Waals surface area contributed by atoms with E-state index in [0.717, 1.165) is 30.5 Å². The number of nitrogens with zero attached hydrogens (tertiary/aromatic N) is 1. The lowest BCUT2D eigenvalue weighted by atomic mass is 10.1. The van der Waals surface area contributed by atoms with Crippen molar-refractivity contribution >= 4 is 17.5 Å². The van der Waals surface area contributed by atoms with Gasteiger partial charge >= 0.3 is 6.18 Å². The normalized spacial score (nSPS) is 13.3. The molecule has 1 heterocycles. The number of alkyl halides is 3. The lowest BCUT2D eigenvalue weighted by Crippen LogP contribution is -2.22. The first-order valence-corrected chi connectivity index (χ1v) is 10.3. The molecule has 0 bridgehead atoms. The molecule has 170 valence electrons. The summed E-state index contributed by atoms with van der Waals surface area (Å²) in [4.78, 5) is 28.0. The van der Waals surface area contributed by atoms with E-state index in [0.29, 0.717) is 23.2 Å². The Balaban J connectivity index is 1.31. The van der Waals surface area contributed by atoms with E-state index in [4.69, 9.17) is 4.74 Å². The second kappa shape index (κ2) is 9.32. The van der Waals surface area contributed by atoms with Crippen molar-refractivity contribution in [2.45, 2.75) is 25.6 Å². The van der Waals surface area contributed by atoms with Crippen molar-refractivity contribution in [2.24, 2.45) is 5.92 Å². The molecular weight excluding hydrogens is 435 g/mol. The van der Waals surface area contributed by atoms with Crippen molar-refractivity contribution in [3.05, 3.63) is 83.6 Å². The van der Waals surface area contributed by atoms with Gasteiger partial charge in [-0.25, -0.2) is 4.98 Å². The number of amides is 2. The molecule has 33 heavy (non-hydrogen) atoms. The maximum Gasteiger partial charge on any atom is 0.417 e. The summed E-state index contributed by atoms with van der Waals surface area (Å²) in [6.07, 6.45) is -1.92. The lowest BCUT2D eigenvalue weighted by Gasteiger charge is -2.10. The van der Waals surface area contributed by atoms with Gasteiger partial charge in [0.25, 0.3) is 5.91 Å². The van der Waals surface area contributed by atoms with Crippen molar-refractivity contribution in [2.75, 3.05) is 5.32 Å². The predicted octanol–water partition coefficient (Wildman–Crippen LogP) is 5.17. The highest BCUT2D eigenvalue weighted by atomic mass is 19.4. The lowest BCUT2D eigenvalue weighted by molar-refractivity contribution is -0.137. The van der Waals surface area contributed by atoms with Crippen molar-refractivity contribution in [1.29, 1.82) is 0 Å². The third kappa shape index (κ3) is 6.09. The van der Waals surface area contributed by atoms with Crippen LogP contribution in [0.15, 0.2) is 66.9 Å². The molecule has 4 rings (SSSR count). The average Bonchev–Trinajstić information content (AvgIpc) is 3.64. The Morgan fingerprint density at radius 1 is 1.03 bits per heavy atom. The van der Waals surface area contributed by atoms with Crippen molar-refractivity contribution in [3.8, 4) is 11.6 Å². The molecule has 1 saturated carbocycles. The molecule has 2 aromatic carbocycles. The molecule has 0 unspecified atom stereocenters. The van der Waals surface area contributed by atoms with Crippen LogP contribution in [0.1, 0.15) is 34.3 Å². The van der Waals surface area contributed by atoms with E-state index in [9.17, 15) is 22.8 Å². The van der Waals surface area contributed by atoms with Crippen LogP contribution in [0.4, 0.5) is 18.9 Å². The Hall–Kier alpha value is -3.88. The Morgan fingerprint density at radius 3 is 2.42 bits per heavy atom. The van der Waals surface area contributed by atoms with Crippen LogP contribution in [0.25, 0.3) is 0 Å². The Bertz CT molecular complexity index is 1140. The minimum atomic E-state index is -4.47. The summed E-state index contributed by atoms with van der Waals surface area (Å²) in [5.74, 6) is 0.161. The number of carbonyl (C=O) groups excluding carboxylic acids is 2. The summed E-state index contributed by atoms with van der Waals surface area (Å²) >= 11 is 0. The first-order valence-electron chi connectivity index (χ1n) is 10.3. The standard InChI is InChI=1S/C24H20F3N3O3/c25-24(26,27)18-8-11-21(28-14-18)33-20-9-6-16(7-10-20)22(31)29-13-15-2-1-3-19(12-15)30-23(32)17-4-5-17/h1-3,6-12,14,17H,4-5,13H2,(H,29,31)(H,30,32). The maximum absolute atomic E-state index is 12.6. The number of ether oxygens (including phenoxy) is 1. The first-order chi connectivity index (χ1) is 15.8. The number of hydrogen-bond donors (Lipinski definition) is 2. The van der Waals surface area contributed by atoms with E-state index in [1.807, 2.05) is 18.2 Å². The fourth-order valence-corrected chi connectivity index (χ4v) is 3.04. The van der Waals surface area contributed by atoms with Crippen LogP contribution in [-0.4, -0.2) is 16.8 Å². The van der Waals surface area contributed by atoms with Crippen molar-refractivity contribution in [1.82, 2.24) is 10.3 Å². The molecule has 2 amide bonds. The van der Waals surface area contributed by atoms with Gasteiger partial charge in [0.1, 0.15) is 5.75 Å². The minimum Gasteiger partial charge on any atom is -0.439 e. The minimum absolute atomic E-state index is 0.00820. The van der Waals surface area contributed by atoms with Crippen LogP contribution in [-0.2, 0) is 17.5 Å². The highest BCUT2D eigenvalue weighted by Gasteiger charge is 2.31. The topological polar surface area (TPSA) is 80.3 Å². The number of halogens is 3. The number of hydrogen-bond acceptors (Lipinski definition) is 4. The number of pyridine rings is 1. The van der Waals surface area contributed by atoms with Crippen LogP contribution in [0, 0.1) is 5.92 Å². The monoisotopic (exact) mass is 455 g/mol. The zero-order valence-corrected chi connectivity index (χ0v) is 17.4. The van der Waals surface area contributed by atoms with Gasteiger partial charge in [-0.1, -0.05) is 12.1 Å². The summed E-state index contributed by atoms with van der Waals surface area (Å²) < 4.78 is 43.2. The Morgan fingerprint density at radius 2 is 1.79 bits per heavy atom. The molecule has 0 aliphatic heterocycles. The molecule has 0 radical (unpaired) electrons. The summed E-state index contributed by atoms with van der Waals surface area (Å²) in [5.41, 5.74) is 1.06. The molecule has 0 spiro atoms. The van der Waals surface area contributed by atoms with Gasteiger partial charge in [-0.05, 0) is 60.9 Å². The number of anilines is 1. The molecule has 3 aromatic rings. The molecule has 6 nitrogen and oxygen atoms in total. The Kier molecular flexibility index (Phi) is 6.30. The van der Waals surface area contributed by atoms with E-state index in [1.54, 1.807) is 18.2 Å². The smallest absolute Gasteiger partial charge is 0.417 e. The largest absolute Gasteiger partial charge is 0.439 e. The predicted molar refractivity (Wildman–Crippen MR) is 115 cm³/mol. The highest BCUT2D eigenvalue weighted by molar-refractivity contribution is 5.95. The number of aromatic nitrogens is 1. The zero-order valence-electron chi connectivity index (χ0n) is 17.4. The molecule has 1 aromatic heterocycles. The number of carbonyl (C=O) groups is 2. The summed E-state index contributed by atoms with van der Waals surface area (Å²) in [6, 6.07) is 15.4. The number of rotatable bonds is 7. The van der Waals surface area contributed by atoms with Crippen LogP contribution >= 0.6 is 0 Å². The third-order valence-electron chi connectivity index (χ3n) is 5.00. The molecule has 2 N–H and O–H groups in total. The van der Waals surface area contributed by atoms with E-state index < -0.39 is 11.7 Å². The van der Waals surface area contributed by atoms with Gasteiger partial charge in [-0.3, -0.25) is 9.59 Å². The van der Waals surface area contributed by atoms with Crippen LogP contribution in [0.5, 0.6) is 11.6 Å². The summed E-state index contributed by atoms with van der Waals surface area (Å²) in [6.45, 7) is 0.277. The molecule has 0 saturated heterocycles. The average molecular weight is 455 g/mol. The van der Waals surface area contributed by atoms with Gasteiger partial charge in [0.05, 0.1) is 5.56 Å². The maximum atomic E-state index is 12.6. The van der Waals surface area contributed by atoms with Gasteiger partial charge in [0, 0.05) is 36.0 Å². The highest BCUT2D eigenvalue weighted by Crippen LogP contribution is 2.31. The second-order valence-electron chi connectivity index (χ2n) is 7.66. The number of benzene rings is 2. The molecular formula is C24H20F3N3O3.